The summed E-state index contributed by atoms with van der Waals surface area (Å²) in [4.78, 5) is 9.24. The van der Waals surface area contributed by atoms with Crippen LogP contribution in [-0.4, -0.2) is 55.0 Å². The number of aliphatic hydroxyl groups is 1. The van der Waals surface area contributed by atoms with E-state index in [-0.39, 0.29) is 17.8 Å². The minimum absolute atomic E-state index is 0.132. The van der Waals surface area contributed by atoms with E-state index in [2.05, 4.69) is 4.99 Å². The summed E-state index contributed by atoms with van der Waals surface area (Å²) in [5.41, 5.74) is 5.06. The Balaban J connectivity index is 1.40. The molecule has 4 aliphatic heterocycles. The van der Waals surface area contributed by atoms with Crippen molar-refractivity contribution in [2.45, 2.75) is 100 Å². The Kier molecular flexibility index (Phi) is 6.04. The molecule has 2 aliphatic carbocycles. The van der Waals surface area contributed by atoms with Gasteiger partial charge in [-0.3, -0.25) is 9.98 Å². The van der Waals surface area contributed by atoms with Crippen molar-refractivity contribution >= 4 is 6.21 Å². The Labute approximate surface area is 220 Å². The maximum absolute atomic E-state index is 13.4. The van der Waals surface area contributed by atoms with Gasteiger partial charge in [-0.05, 0) is 61.5 Å². The number of halogens is 3. The topological polar surface area (TPSA) is 73.2 Å². The molecule has 0 bridgehead atoms. The smallest absolute Gasteiger partial charge is 0.388 e. The number of hydrogen-bond acceptors (Lipinski definition) is 6. The van der Waals surface area contributed by atoms with E-state index in [0.717, 1.165) is 66.6 Å². The molecule has 1 aromatic rings. The molecule has 6 aliphatic rings. The Morgan fingerprint density at radius 2 is 1.71 bits per heavy atom. The summed E-state index contributed by atoms with van der Waals surface area (Å²) in [6, 6.07) is -1.72. The molecule has 6 nitrogen and oxygen atoms in total. The van der Waals surface area contributed by atoms with Crippen LogP contribution in [-0.2, 0) is 26.2 Å². The number of aromatic nitrogens is 1. The highest BCUT2D eigenvalue weighted by Crippen LogP contribution is 2.60. The molecule has 0 radical (unpaired) electrons. The van der Waals surface area contributed by atoms with Crippen LogP contribution in [0, 0.1) is 5.41 Å². The highest BCUT2D eigenvalue weighted by Gasteiger charge is 2.54. The first kappa shape index (κ1) is 25.2. The van der Waals surface area contributed by atoms with Crippen LogP contribution in [0.15, 0.2) is 16.6 Å². The highest BCUT2D eigenvalue weighted by atomic mass is 19.4. The Morgan fingerprint density at radius 3 is 2.34 bits per heavy atom. The first-order valence-corrected chi connectivity index (χ1v) is 14.2. The predicted molar refractivity (Wildman–Crippen MR) is 133 cm³/mol. The van der Waals surface area contributed by atoms with Gasteiger partial charge in [-0.15, -0.1) is 0 Å². The van der Waals surface area contributed by atoms with Crippen molar-refractivity contribution in [3.05, 3.63) is 39.7 Å². The summed E-state index contributed by atoms with van der Waals surface area (Å²) in [5, 5.41) is 11.6. The van der Waals surface area contributed by atoms with Gasteiger partial charge in [-0.2, -0.15) is 13.2 Å². The lowest BCUT2D eigenvalue weighted by molar-refractivity contribution is -0.146. The molecule has 1 N–H and O–H groups in total. The van der Waals surface area contributed by atoms with Gasteiger partial charge < -0.3 is 19.3 Å². The zero-order valence-electron chi connectivity index (χ0n) is 21.6. The van der Waals surface area contributed by atoms with E-state index in [9.17, 15) is 18.3 Å². The van der Waals surface area contributed by atoms with E-state index in [1.165, 1.54) is 12.6 Å². The van der Waals surface area contributed by atoms with Crippen LogP contribution in [0.25, 0.3) is 0 Å². The van der Waals surface area contributed by atoms with E-state index in [0.29, 0.717) is 44.8 Å². The van der Waals surface area contributed by atoms with Crippen LogP contribution in [0.1, 0.15) is 104 Å². The summed E-state index contributed by atoms with van der Waals surface area (Å²) in [7, 11) is 0. The molecule has 1 aromatic heterocycles. The Bertz CT molecular complexity index is 1160. The quantitative estimate of drug-likeness (QED) is 0.542. The number of fused-ring (bicyclic) bond motifs is 4. The van der Waals surface area contributed by atoms with Crippen LogP contribution >= 0.6 is 0 Å². The number of nitrogens with zero attached hydrogens (tertiary/aromatic N) is 2. The molecule has 0 amide bonds. The van der Waals surface area contributed by atoms with Gasteiger partial charge in [0.25, 0.3) is 0 Å². The van der Waals surface area contributed by atoms with Crippen LogP contribution < -0.4 is 0 Å². The number of pyridine rings is 1. The number of alkyl halides is 3. The third kappa shape index (κ3) is 3.99. The number of hydrogen-bond donors (Lipinski definition) is 1. The lowest BCUT2D eigenvalue weighted by Gasteiger charge is -2.48. The van der Waals surface area contributed by atoms with E-state index >= 15 is 0 Å². The largest absolute Gasteiger partial charge is 0.411 e. The number of aliphatic imine (C=N–C) groups is 1. The van der Waals surface area contributed by atoms with Crippen LogP contribution in [0.5, 0.6) is 0 Å². The second-order valence-electron chi connectivity index (χ2n) is 12.2. The van der Waals surface area contributed by atoms with Crippen molar-refractivity contribution in [1.29, 1.82) is 0 Å². The van der Waals surface area contributed by atoms with Crippen molar-refractivity contribution in [3.8, 4) is 0 Å². The highest BCUT2D eigenvalue weighted by molar-refractivity contribution is 5.82. The van der Waals surface area contributed by atoms with Gasteiger partial charge in [-0.1, -0.05) is 12.5 Å². The van der Waals surface area contributed by atoms with Crippen LogP contribution in [0.2, 0.25) is 0 Å². The van der Waals surface area contributed by atoms with Gasteiger partial charge in [0.15, 0.2) is 0 Å². The molecular formula is C29H35F3N2O4. The van der Waals surface area contributed by atoms with E-state index in [1.54, 1.807) is 6.08 Å². The molecule has 2 spiro atoms. The van der Waals surface area contributed by atoms with Crippen molar-refractivity contribution in [2.75, 3.05) is 26.4 Å². The molecule has 2 saturated heterocycles. The molecule has 5 heterocycles. The first-order valence-electron chi connectivity index (χ1n) is 14.2. The summed E-state index contributed by atoms with van der Waals surface area (Å²) in [6.45, 7) is 2.40. The van der Waals surface area contributed by atoms with E-state index < -0.39 is 30.0 Å². The van der Waals surface area contributed by atoms with Crippen molar-refractivity contribution in [2.24, 2.45) is 10.4 Å². The van der Waals surface area contributed by atoms with Crippen molar-refractivity contribution in [3.63, 3.8) is 0 Å². The second kappa shape index (κ2) is 9.11. The second-order valence-corrected chi connectivity index (χ2v) is 12.2. The Morgan fingerprint density at radius 1 is 0.974 bits per heavy atom. The summed E-state index contributed by atoms with van der Waals surface area (Å²) in [5.74, 6) is 0.185. The third-order valence-corrected chi connectivity index (χ3v) is 9.93. The predicted octanol–water partition coefficient (Wildman–Crippen LogP) is 5.53. The van der Waals surface area contributed by atoms with Gasteiger partial charge in [-0.25, -0.2) is 0 Å². The minimum Gasteiger partial charge on any atom is -0.388 e. The summed E-state index contributed by atoms with van der Waals surface area (Å²) in [6.07, 6.45) is 5.30. The molecule has 9 heteroatoms. The lowest BCUT2D eigenvalue weighted by Crippen LogP contribution is -2.41. The van der Waals surface area contributed by atoms with Gasteiger partial charge in [0.1, 0.15) is 12.1 Å². The van der Waals surface area contributed by atoms with Gasteiger partial charge in [0.2, 0.25) is 0 Å². The fraction of sp³-hybridized carbons (Fsp3) is 0.724. The standard InChI is InChI=1S/C29H35F3N2O4/c30-29(31,32)21-3-2-18(16-33-21)26-23-24(28(38-26)8-12-37-13-9-28)22-19(14-27(6-1-7-27)15-20(22)35)34-25(23)17-4-10-36-11-5-17/h2,16-17,20-21,26,35H,1,3-15H2. The van der Waals surface area contributed by atoms with Crippen molar-refractivity contribution in [1.82, 2.24) is 4.98 Å². The van der Waals surface area contributed by atoms with Gasteiger partial charge >= 0.3 is 6.18 Å². The number of dihydropyridines is 1. The first-order chi connectivity index (χ1) is 18.3. The zero-order valence-corrected chi connectivity index (χ0v) is 21.6. The fourth-order valence-electron chi connectivity index (χ4n) is 7.79. The van der Waals surface area contributed by atoms with Gasteiger partial charge in [0.05, 0.1) is 17.4 Å². The maximum Gasteiger partial charge on any atom is 0.411 e. The Hall–Kier alpha value is -1.81. The normalized spacial score (nSPS) is 32.1. The molecule has 3 atom stereocenters. The summed E-state index contributed by atoms with van der Waals surface area (Å²) >= 11 is 0. The SMILES string of the molecule is OC1CC2(CCC2)Cc2nc(C3CCOCC3)c3c(c21)C1(CCOCC1)OC3C1=CCC(C(F)(F)F)N=C1. The van der Waals surface area contributed by atoms with Gasteiger partial charge in [0, 0.05) is 68.2 Å². The summed E-state index contributed by atoms with van der Waals surface area (Å²) < 4.78 is 58.5. The average molecular weight is 533 g/mol. The maximum atomic E-state index is 13.4. The molecule has 1 saturated carbocycles. The number of rotatable bonds is 2. The number of aliphatic hydroxyl groups excluding tert-OH is 1. The van der Waals surface area contributed by atoms with E-state index in [1.807, 2.05) is 0 Å². The molecule has 7 rings (SSSR count). The molecule has 3 fully saturated rings. The number of ether oxygens (including phenoxy) is 3. The molecular weight excluding hydrogens is 497 g/mol. The van der Waals surface area contributed by atoms with E-state index in [4.69, 9.17) is 19.2 Å². The van der Waals surface area contributed by atoms with Crippen LogP contribution in [0.3, 0.4) is 0 Å². The average Bonchev–Trinajstić information content (AvgIpc) is 3.21. The third-order valence-electron chi connectivity index (χ3n) is 9.93. The molecule has 206 valence electrons. The molecule has 38 heavy (non-hydrogen) atoms. The molecule has 0 aromatic carbocycles. The zero-order chi connectivity index (χ0) is 26.1. The lowest BCUT2D eigenvalue weighted by atomic mass is 9.58. The minimum atomic E-state index is -4.37. The van der Waals surface area contributed by atoms with Crippen molar-refractivity contribution < 1.29 is 32.5 Å². The monoisotopic (exact) mass is 532 g/mol. The van der Waals surface area contributed by atoms with Crippen LogP contribution in [0.4, 0.5) is 13.2 Å². The fourth-order valence-corrected chi connectivity index (χ4v) is 7.79. The molecule has 3 unspecified atom stereocenters.